The molecule has 0 radical (unpaired) electrons. The molecular formula is C8H12FN3O2S. The van der Waals surface area contributed by atoms with Crippen LogP contribution in [-0.4, -0.2) is 42.4 Å². The van der Waals surface area contributed by atoms with E-state index in [2.05, 4.69) is 5.10 Å². The van der Waals surface area contributed by atoms with Crippen molar-refractivity contribution in [2.24, 2.45) is 0 Å². The summed E-state index contributed by atoms with van der Waals surface area (Å²) in [5, 5.41) is 3.39. The Hall–Kier alpha value is -1.37. The summed E-state index contributed by atoms with van der Waals surface area (Å²) in [5.74, 6) is -0.887. The van der Waals surface area contributed by atoms with Gasteiger partial charge in [-0.3, -0.25) is 0 Å². The summed E-state index contributed by atoms with van der Waals surface area (Å²) in [5.41, 5.74) is 0. The molecule has 1 aromatic rings. The zero-order chi connectivity index (χ0) is 11.5. The summed E-state index contributed by atoms with van der Waals surface area (Å²) in [6, 6.07) is 0. The van der Waals surface area contributed by atoms with Crippen LogP contribution in [0.3, 0.4) is 0 Å². The minimum Gasteiger partial charge on any atom is -0.384 e. The molecule has 0 spiro atoms. The van der Waals surface area contributed by atoms with Crippen LogP contribution in [0.5, 0.6) is 0 Å². The highest BCUT2D eigenvalue weighted by molar-refractivity contribution is 7.89. The fraction of sp³-hybridized carbons (Fsp3) is 0.375. The van der Waals surface area contributed by atoms with Gasteiger partial charge in [-0.2, -0.15) is 9.19 Å². The predicted octanol–water partition coefficient (Wildman–Crippen LogP) is 0.275. The number of hydrogen-bond donors (Lipinski definition) is 0. The van der Waals surface area contributed by atoms with E-state index in [0.29, 0.717) is 4.09 Å². The molecule has 0 N–H and O–H groups in total. The van der Waals surface area contributed by atoms with Gasteiger partial charge in [-0.25, -0.2) is 12.8 Å². The van der Waals surface area contributed by atoms with Crippen LogP contribution in [0.15, 0.2) is 24.7 Å². The Morgan fingerprint density at radius 2 is 2.27 bits per heavy atom. The lowest BCUT2D eigenvalue weighted by atomic mass is 10.7. The average molecular weight is 233 g/mol. The summed E-state index contributed by atoms with van der Waals surface area (Å²) >= 11 is 0. The van der Waals surface area contributed by atoms with E-state index in [1.54, 1.807) is 25.2 Å². The highest BCUT2D eigenvalue weighted by Crippen LogP contribution is 2.00. The molecule has 0 aromatic carbocycles. The molecule has 1 rings (SSSR count). The van der Waals surface area contributed by atoms with Gasteiger partial charge in [0.2, 0.25) is 0 Å². The van der Waals surface area contributed by atoms with E-state index in [9.17, 15) is 12.8 Å². The van der Waals surface area contributed by atoms with Gasteiger partial charge >= 0.3 is 0 Å². The van der Waals surface area contributed by atoms with Gasteiger partial charge in [-0.05, 0) is 6.20 Å². The SMILES string of the molecule is CN(C)C=CCS(=O)(=O)n1cc(F)cn1. The number of halogens is 1. The van der Waals surface area contributed by atoms with E-state index in [1.807, 2.05) is 0 Å². The Morgan fingerprint density at radius 3 is 2.73 bits per heavy atom. The summed E-state index contributed by atoms with van der Waals surface area (Å²) in [6.45, 7) is 0. The number of aromatic nitrogens is 2. The van der Waals surface area contributed by atoms with Crippen molar-refractivity contribution in [2.45, 2.75) is 0 Å². The van der Waals surface area contributed by atoms with Gasteiger partial charge in [0.25, 0.3) is 10.0 Å². The van der Waals surface area contributed by atoms with Crippen LogP contribution < -0.4 is 0 Å². The molecule has 0 aliphatic heterocycles. The van der Waals surface area contributed by atoms with Gasteiger partial charge in [0.15, 0.2) is 5.82 Å². The molecule has 0 atom stereocenters. The van der Waals surface area contributed by atoms with Crippen LogP contribution in [-0.2, 0) is 10.0 Å². The molecule has 0 aliphatic carbocycles. The van der Waals surface area contributed by atoms with Crippen LogP contribution in [0.2, 0.25) is 0 Å². The molecule has 0 bridgehead atoms. The lowest BCUT2D eigenvalue weighted by molar-refractivity contribution is 0.561. The van der Waals surface area contributed by atoms with E-state index in [1.165, 1.54) is 6.08 Å². The molecule has 0 fully saturated rings. The third-order valence-corrected chi connectivity index (χ3v) is 2.91. The smallest absolute Gasteiger partial charge is 0.257 e. The van der Waals surface area contributed by atoms with Crippen LogP contribution in [0.1, 0.15) is 0 Å². The second-order valence-corrected chi connectivity index (χ2v) is 5.03. The molecule has 84 valence electrons. The molecule has 5 nitrogen and oxygen atoms in total. The van der Waals surface area contributed by atoms with Crippen molar-refractivity contribution >= 4 is 10.0 Å². The second-order valence-electron chi connectivity index (χ2n) is 3.16. The van der Waals surface area contributed by atoms with E-state index in [4.69, 9.17) is 0 Å². The standard InChI is InChI=1S/C8H12FN3O2S/c1-11(2)4-3-5-15(13,14)12-7-8(9)6-10-12/h3-4,6-7H,5H2,1-2H3. The molecule has 0 saturated heterocycles. The van der Waals surface area contributed by atoms with Crippen molar-refractivity contribution in [3.63, 3.8) is 0 Å². The maximum atomic E-state index is 12.5. The van der Waals surface area contributed by atoms with Crippen molar-refractivity contribution in [1.82, 2.24) is 14.1 Å². The Kier molecular flexibility index (Phi) is 3.46. The van der Waals surface area contributed by atoms with Gasteiger partial charge in [-0.15, -0.1) is 0 Å². The molecule has 7 heteroatoms. The molecule has 0 unspecified atom stereocenters. The van der Waals surface area contributed by atoms with E-state index in [0.717, 1.165) is 12.4 Å². The van der Waals surface area contributed by atoms with Gasteiger partial charge in [-0.1, -0.05) is 6.08 Å². The summed E-state index contributed by atoms with van der Waals surface area (Å²) < 4.78 is 36.1. The average Bonchev–Trinajstić information content (AvgIpc) is 2.51. The lowest BCUT2D eigenvalue weighted by Gasteiger charge is -2.03. The van der Waals surface area contributed by atoms with Crippen molar-refractivity contribution in [3.05, 3.63) is 30.5 Å². The molecule has 0 saturated carbocycles. The third kappa shape index (κ3) is 3.35. The van der Waals surface area contributed by atoms with Gasteiger partial charge < -0.3 is 4.90 Å². The van der Waals surface area contributed by atoms with Crippen LogP contribution in [0.25, 0.3) is 0 Å². The first-order chi connectivity index (χ1) is 6.92. The van der Waals surface area contributed by atoms with Crippen LogP contribution in [0, 0.1) is 5.82 Å². The van der Waals surface area contributed by atoms with Gasteiger partial charge in [0, 0.05) is 14.1 Å². The minimum absolute atomic E-state index is 0.216. The van der Waals surface area contributed by atoms with Crippen LogP contribution >= 0.6 is 0 Å². The normalized spacial score (nSPS) is 12.2. The number of rotatable bonds is 4. The first-order valence-corrected chi connectivity index (χ1v) is 5.79. The zero-order valence-electron chi connectivity index (χ0n) is 8.46. The highest BCUT2D eigenvalue weighted by Gasteiger charge is 2.12. The third-order valence-electron chi connectivity index (χ3n) is 1.52. The Balaban J connectivity index is 2.77. The van der Waals surface area contributed by atoms with Crippen molar-refractivity contribution in [1.29, 1.82) is 0 Å². The van der Waals surface area contributed by atoms with Crippen molar-refractivity contribution < 1.29 is 12.8 Å². The fourth-order valence-electron chi connectivity index (χ4n) is 0.888. The van der Waals surface area contributed by atoms with Crippen LogP contribution in [0.4, 0.5) is 4.39 Å². The van der Waals surface area contributed by atoms with E-state index in [-0.39, 0.29) is 5.75 Å². The van der Waals surface area contributed by atoms with Crippen molar-refractivity contribution in [2.75, 3.05) is 19.8 Å². The highest BCUT2D eigenvalue weighted by atomic mass is 32.2. The first-order valence-electron chi connectivity index (χ1n) is 4.18. The molecule has 15 heavy (non-hydrogen) atoms. The monoisotopic (exact) mass is 233 g/mol. The lowest BCUT2D eigenvalue weighted by Crippen LogP contribution is -2.16. The molecule has 0 amide bonds. The summed E-state index contributed by atoms with van der Waals surface area (Å²) in [6.07, 6.45) is 4.76. The largest absolute Gasteiger partial charge is 0.384 e. The second kappa shape index (κ2) is 4.43. The van der Waals surface area contributed by atoms with E-state index < -0.39 is 15.8 Å². The van der Waals surface area contributed by atoms with E-state index >= 15 is 0 Å². The van der Waals surface area contributed by atoms with Crippen molar-refractivity contribution in [3.8, 4) is 0 Å². The van der Waals surface area contributed by atoms with Gasteiger partial charge in [0.05, 0.1) is 18.1 Å². The molecular weight excluding hydrogens is 221 g/mol. The Morgan fingerprint density at radius 1 is 1.60 bits per heavy atom. The summed E-state index contributed by atoms with van der Waals surface area (Å²) in [4.78, 5) is 1.71. The topological polar surface area (TPSA) is 55.2 Å². The quantitative estimate of drug-likeness (QED) is 0.749. The molecule has 0 aliphatic rings. The maximum absolute atomic E-state index is 12.5. The Bertz CT molecular complexity index is 450. The van der Waals surface area contributed by atoms with Gasteiger partial charge in [0.1, 0.15) is 0 Å². The number of nitrogens with zero attached hydrogens (tertiary/aromatic N) is 3. The fourth-order valence-corrected chi connectivity index (χ4v) is 1.82. The summed E-state index contributed by atoms with van der Waals surface area (Å²) in [7, 11) is -0.0340. The molecule has 1 aromatic heterocycles. The zero-order valence-corrected chi connectivity index (χ0v) is 9.28. The molecule has 1 heterocycles. The predicted molar refractivity (Wildman–Crippen MR) is 54.2 cm³/mol. The number of hydrogen-bond acceptors (Lipinski definition) is 4. The minimum atomic E-state index is -3.58. The Labute approximate surface area is 87.9 Å². The first kappa shape index (κ1) is 11.7. The maximum Gasteiger partial charge on any atom is 0.257 e.